The number of anilines is 1. The van der Waals surface area contributed by atoms with Crippen LogP contribution in [0.15, 0.2) is 0 Å². The number of halogens is 4. The van der Waals surface area contributed by atoms with Gasteiger partial charge in [0.25, 0.3) is 6.43 Å². The second-order valence-corrected chi connectivity index (χ2v) is 2.84. The Bertz CT molecular complexity index is 417. The lowest BCUT2D eigenvalue weighted by Crippen LogP contribution is -2.11. The summed E-state index contributed by atoms with van der Waals surface area (Å²) in [5.41, 5.74) is 3.78. The monoisotopic (exact) mass is 236 g/mol. The maximum Gasteiger partial charge on any atom is 0.275 e. The van der Waals surface area contributed by atoms with Gasteiger partial charge < -0.3 is 5.73 Å². The van der Waals surface area contributed by atoms with Gasteiger partial charge in [0.1, 0.15) is 17.3 Å². The molecular formula is C7H4ClF3N4. The highest BCUT2D eigenvalue weighted by Gasteiger charge is 2.28. The molecule has 0 aliphatic heterocycles. The van der Waals surface area contributed by atoms with Gasteiger partial charge in [0.05, 0.1) is 0 Å². The van der Waals surface area contributed by atoms with Gasteiger partial charge in [-0.05, 0) is 0 Å². The summed E-state index contributed by atoms with van der Waals surface area (Å²) in [6.45, 7) is 0. The fourth-order valence-corrected chi connectivity index (χ4v) is 1.11. The minimum atomic E-state index is -3.30. The topological polar surface area (TPSA) is 75.6 Å². The summed E-state index contributed by atoms with van der Waals surface area (Å²) < 4.78 is 37.1. The minimum absolute atomic E-state index is 0.441. The van der Waals surface area contributed by atoms with Crippen molar-refractivity contribution in [3.05, 3.63) is 16.4 Å². The maximum atomic E-state index is 13.0. The van der Waals surface area contributed by atoms with E-state index in [0.29, 0.717) is 0 Å². The van der Waals surface area contributed by atoms with Crippen LogP contribution in [0.1, 0.15) is 17.4 Å². The molecule has 1 aromatic heterocycles. The molecule has 0 aliphatic carbocycles. The smallest absolute Gasteiger partial charge is 0.275 e. The Morgan fingerprint density at radius 1 is 1.33 bits per heavy atom. The molecule has 8 heteroatoms. The number of rotatable bonds is 2. The molecule has 0 aromatic carbocycles. The molecule has 0 amide bonds. The quantitative estimate of drug-likeness (QED) is 0.795. The molecule has 0 radical (unpaired) electrons. The fourth-order valence-electron chi connectivity index (χ4n) is 0.889. The third kappa shape index (κ3) is 2.27. The van der Waals surface area contributed by atoms with E-state index in [9.17, 15) is 13.2 Å². The van der Waals surface area contributed by atoms with Crippen molar-refractivity contribution >= 4 is 17.5 Å². The van der Waals surface area contributed by atoms with Gasteiger partial charge in [-0.25, -0.2) is 18.2 Å². The summed E-state index contributed by atoms with van der Waals surface area (Å²) in [6, 6.07) is 1.44. The average molecular weight is 237 g/mol. The van der Waals surface area contributed by atoms with Gasteiger partial charge in [-0.3, -0.25) is 0 Å². The van der Waals surface area contributed by atoms with E-state index >= 15 is 0 Å². The fraction of sp³-hybridized carbons (Fsp3) is 0.286. The van der Waals surface area contributed by atoms with Crippen LogP contribution in [-0.4, -0.2) is 16.4 Å². The van der Waals surface area contributed by atoms with Crippen LogP contribution in [0.4, 0.5) is 19.1 Å². The van der Waals surface area contributed by atoms with Gasteiger partial charge in [0, 0.05) is 0 Å². The second-order valence-electron chi connectivity index (χ2n) is 2.48. The summed E-state index contributed by atoms with van der Waals surface area (Å²) in [6.07, 6.45) is -6.01. The van der Waals surface area contributed by atoms with E-state index in [1.165, 1.54) is 6.07 Å². The van der Waals surface area contributed by atoms with Crippen molar-refractivity contribution in [2.45, 2.75) is 12.6 Å². The van der Waals surface area contributed by atoms with Crippen molar-refractivity contribution in [2.75, 3.05) is 5.73 Å². The Morgan fingerprint density at radius 2 is 1.93 bits per heavy atom. The number of hydrogen-bond acceptors (Lipinski definition) is 4. The molecule has 0 spiro atoms. The molecule has 0 saturated carbocycles. The molecule has 1 aromatic rings. The summed E-state index contributed by atoms with van der Waals surface area (Å²) >= 11 is 5.42. The van der Waals surface area contributed by atoms with Crippen LogP contribution in [0, 0.1) is 11.3 Å². The second kappa shape index (κ2) is 4.31. The zero-order valence-corrected chi connectivity index (χ0v) is 7.84. The predicted molar refractivity (Wildman–Crippen MR) is 46.0 cm³/mol. The van der Waals surface area contributed by atoms with Gasteiger partial charge in [-0.1, -0.05) is 11.6 Å². The molecule has 1 heterocycles. The van der Waals surface area contributed by atoms with Gasteiger partial charge in [-0.2, -0.15) is 10.2 Å². The van der Waals surface area contributed by atoms with Gasteiger partial charge in [0.15, 0.2) is 5.15 Å². The normalized spacial score (nSPS) is 12.5. The summed E-state index contributed by atoms with van der Waals surface area (Å²) in [5, 5.41) is 8.11. The number of nitrogens with two attached hydrogens (primary N) is 1. The molecule has 0 fully saturated rings. The lowest BCUT2D eigenvalue weighted by Gasteiger charge is -2.09. The first-order valence-electron chi connectivity index (χ1n) is 3.62. The molecular weight excluding hydrogens is 233 g/mol. The number of nitrogens with zero attached hydrogens (tertiary/aromatic N) is 3. The molecule has 2 N–H and O–H groups in total. The van der Waals surface area contributed by atoms with Crippen molar-refractivity contribution in [3.63, 3.8) is 0 Å². The molecule has 0 saturated heterocycles. The molecule has 4 nitrogen and oxygen atoms in total. The van der Waals surface area contributed by atoms with Gasteiger partial charge in [0.2, 0.25) is 12.1 Å². The molecule has 1 atom stereocenters. The number of hydrogen-bond donors (Lipinski definition) is 1. The highest BCUT2D eigenvalue weighted by atomic mass is 35.5. The van der Waals surface area contributed by atoms with E-state index in [-0.39, 0.29) is 0 Å². The number of nitrogen functional groups attached to an aromatic ring is 1. The van der Waals surface area contributed by atoms with Crippen molar-refractivity contribution in [2.24, 2.45) is 0 Å². The first-order valence-corrected chi connectivity index (χ1v) is 4.00. The average Bonchev–Trinajstić information content (AvgIpc) is 2.15. The lowest BCUT2D eigenvalue weighted by molar-refractivity contribution is 0.0471. The molecule has 1 unspecified atom stereocenters. The van der Waals surface area contributed by atoms with Crippen molar-refractivity contribution in [1.82, 2.24) is 9.97 Å². The van der Waals surface area contributed by atoms with Crippen LogP contribution in [0.5, 0.6) is 0 Å². The van der Waals surface area contributed by atoms with E-state index in [1.807, 2.05) is 0 Å². The minimum Gasteiger partial charge on any atom is -0.368 e. The molecule has 1 rings (SSSR count). The number of nitriles is 1. The van der Waals surface area contributed by atoms with E-state index in [1.54, 1.807) is 0 Å². The van der Waals surface area contributed by atoms with Crippen LogP contribution in [-0.2, 0) is 0 Å². The van der Waals surface area contributed by atoms with Crippen molar-refractivity contribution < 1.29 is 13.2 Å². The lowest BCUT2D eigenvalue weighted by atomic mass is 10.2. The van der Waals surface area contributed by atoms with E-state index in [2.05, 4.69) is 9.97 Å². The predicted octanol–water partition coefficient (Wildman–Crippen LogP) is 1.86. The molecule has 0 aliphatic rings. The Balaban J connectivity index is 3.34. The highest BCUT2D eigenvalue weighted by Crippen LogP contribution is 2.29. The summed E-state index contributed by atoms with van der Waals surface area (Å²) in [4.78, 5) is 6.58. The summed E-state index contributed by atoms with van der Waals surface area (Å²) in [5.74, 6) is -0.461. The first kappa shape index (κ1) is 11.5. The summed E-state index contributed by atoms with van der Waals surface area (Å²) in [7, 11) is 0. The molecule has 0 bridgehead atoms. The van der Waals surface area contributed by atoms with Crippen LogP contribution in [0.25, 0.3) is 0 Å². The van der Waals surface area contributed by atoms with E-state index in [0.717, 1.165) is 0 Å². The van der Waals surface area contributed by atoms with E-state index < -0.39 is 35.0 Å². The van der Waals surface area contributed by atoms with Crippen molar-refractivity contribution in [3.8, 4) is 6.07 Å². The SMILES string of the molecule is N#Cc1c(Cl)nc(N)nc1C(F)C(F)F. The Morgan fingerprint density at radius 3 is 2.40 bits per heavy atom. The first-order chi connectivity index (χ1) is 6.97. The van der Waals surface area contributed by atoms with Crippen LogP contribution in [0.3, 0.4) is 0 Å². The highest BCUT2D eigenvalue weighted by molar-refractivity contribution is 6.30. The van der Waals surface area contributed by atoms with Crippen LogP contribution in [0.2, 0.25) is 5.15 Å². The Kier molecular flexibility index (Phi) is 3.31. The van der Waals surface area contributed by atoms with Crippen molar-refractivity contribution in [1.29, 1.82) is 5.26 Å². The standard InChI is InChI=1S/C7H4ClF3N4/c8-5-2(1-12)4(3(9)6(10)11)14-7(13)15-5/h3,6H,(H2,13,14,15). The van der Waals surface area contributed by atoms with Crippen LogP contribution >= 0.6 is 11.6 Å². The third-order valence-corrected chi connectivity index (χ3v) is 1.78. The Labute approximate surface area is 87.5 Å². The zero-order chi connectivity index (χ0) is 11.6. The molecule has 80 valence electrons. The Hall–Kier alpha value is -1.55. The zero-order valence-electron chi connectivity index (χ0n) is 7.09. The maximum absolute atomic E-state index is 13.0. The van der Waals surface area contributed by atoms with Gasteiger partial charge >= 0.3 is 0 Å². The van der Waals surface area contributed by atoms with Crippen LogP contribution < -0.4 is 5.73 Å². The molecule has 15 heavy (non-hydrogen) atoms. The van der Waals surface area contributed by atoms with E-state index in [4.69, 9.17) is 22.6 Å². The third-order valence-electron chi connectivity index (χ3n) is 1.50. The number of alkyl halides is 3. The number of aromatic nitrogens is 2. The largest absolute Gasteiger partial charge is 0.368 e. The van der Waals surface area contributed by atoms with Gasteiger partial charge in [-0.15, -0.1) is 0 Å².